The van der Waals surface area contributed by atoms with Crippen LogP contribution in [0, 0.1) is 11.8 Å². The molecule has 6 heteroatoms. The molecule has 1 amide bonds. The molecule has 0 radical (unpaired) electrons. The van der Waals surface area contributed by atoms with E-state index >= 15 is 0 Å². The summed E-state index contributed by atoms with van der Waals surface area (Å²) in [5.74, 6) is 4.74. The lowest BCUT2D eigenvalue weighted by Gasteiger charge is -2.26. The minimum Gasteiger partial charge on any atom is -0.327 e. The maximum Gasteiger partial charge on any atom is 0.333 e. The molecule has 0 saturated carbocycles. The van der Waals surface area contributed by atoms with Crippen LogP contribution in [0.15, 0.2) is 39.9 Å². The number of amides is 1. The lowest BCUT2D eigenvalue weighted by atomic mass is 10.1. The number of para-hydroxylation sites is 1. The normalized spacial score (nSPS) is 13.0. The summed E-state index contributed by atoms with van der Waals surface area (Å²) < 4.78 is 1.10. The highest BCUT2D eigenvalue weighted by Gasteiger charge is 2.24. The third-order valence-corrected chi connectivity index (χ3v) is 3.80. The maximum absolute atomic E-state index is 12.7. The molecule has 0 bridgehead atoms. The van der Waals surface area contributed by atoms with E-state index in [2.05, 4.69) is 16.8 Å². The van der Waals surface area contributed by atoms with E-state index < -0.39 is 11.2 Å². The molecule has 116 valence electrons. The number of nitrogens with one attached hydrogen (secondary N) is 1. The molecule has 0 aliphatic carbocycles. The van der Waals surface area contributed by atoms with Gasteiger partial charge in [0.15, 0.2) is 0 Å². The van der Waals surface area contributed by atoms with Crippen LogP contribution in [0.4, 0.5) is 0 Å². The van der Waals surface area contributed by atoms with Crippen LogP contribution < -0.4 is 11.2 Å². The van der Waals surface area contributed by atoms with Gasteiger partial charge in [-0.05, 0) is 25.0 Å². The van der Waals surface area contributed by atoms with Gasteiger partial charge in [-0.15, -0.1) is 0 Å². The number of aromatic nitrogens is 2. The second kappa shape index (κ2) is 5.97. The lowest BCUT2D eigenvalue weighted by Crippen LogP contribution is -2.44. The Morgan fingerprint density at radius 2 is 1.96 bits per heavy atom. The van der Waals surface area contributed by atoms with Gasteiger partial charge in [-0.1, -0.05) is 24.1 Å². The predicted molar refractivity (Wildman–Crippen MR) is 85.2 cm³/mol. The highest BCUT2D eigenvalue weighted by molar-refractivity contribution is 5.93. The zero-order valence-electron chi connectivity index (χ0n) is 12.6. The van der Waals surface area contributed by atoms with Gasteiger partial charge in [0.25, 0.3) is 11.5 Å². The summed E-state index contributed by atoms with van der Waals surface area (Å²) in [6, 6.07) is 8.71. The molecule has 1 aliphatic rings. The van der Waals surface area contributed by atoms with Crippen molar-refractivity contribution in [3.63, 3.8) is 0 Å². The molecule has 23 heavy (non-hydrogen) atoms. The van der Waals surface area contributed by atoms with Crippen LogP contribution in [0.1, 0.15) is 18.2 Å². The molecule has 1 N–H and O–H groups in total. The molecular formula is C17H15N3O3. The fraction of sp³-hybridized carbons (Fsp3) is 0.235. The average molecular weight is 309 g/mol. The van der Waals surface area contributed by atoms with Gasteiger partial charge in [0.05, 0.1) is 17.8 Å². The summed E-state index contributed by atoms with van der Waals surface area (Å²) in [6.45, 7) is 2.19. The largest absolute Gasteiger partial charge is 0.333 e. The first-order chi connectivity index (χ1) is 11.1. The Bertz CT molecular complexity index is 930. The van der Waals surface area contributed by atoms with Gasteiger partial charge in [0.1, 0.15) is 0 Å². The van der Waals surface area contributed by atoms with E-state index in [0.29, 0.717) is 29.9 Å². The molecular weight excluding hydrogens is 294 g/mol. The first-order valence-electron chi connectivity index (χ1n) is 7.26. The van der Waals surface area contributed by atoms with E-state index in [0.717, 1.165) is 4.57 Å². The summed E-state index contributed by atoms with van der Waals surface area (Å²) in [4.78, 5) is 41.2. The molecule has 0 saturated heterocycles. The number of carbonyl (C=O) groups is 1. The summed E-state index contributed by atoms with van der Waals surface area (Å²) in [7, 11) is 0. The maximum atomic E-state index is 12.7. The first-order valence-corrected chi connectivity index (χ1v) is 7.26. The molecule has 1 aliphatic heterocycles. The Morgan fingerprint density at radius 3 is 2.65 bits per heavy atom. The smallest absolute Gasteiger partial charge is 0.327 e. The average Bonchev–Trinajstić information content (AvgIpc) is 2.56. The van der Waals surface area contributed by atoms with Gasteiger partial charge in [-0.2, -0.15) is 0 Å². The van der Waals surface area contributed by atoms with Crippen molar-refractivity contribution in [2.24, 2.45) is 0 Å². The monoisotopic (exact) mass is 309 g/mol. The summed E-state index contributed by atoms with van der Waals surface area (Å²) in [5, 5.41) is 0. The number of fused-ring (bicyclic) bond motifs is 1. The second-order valence-corrected chi connectivity index (χ2v) is 5.22. The van der Waals surface area contributed by atoms with Gasteiger partial charge < -0.3 is 9.88 Å². The number of nitrogens with zero attached hydrogens (tertiary/aromatic N) is 2. The van der Waals surface area contributed by atoms with Gasteiger partial charge in [-0.25, -0.2) is 9.36 Å². The number of rotatable bonds is 1. The number of aromatic amines is 1. The van der Waals surface area contributed by atoms with E-state index in [9.17, 15) is 14.4 Å². The molecule has 1 aromatic carbocycles. The van der Waals surface area contributed by atoms with Gasteiger partial charge in [-0.3, -0.25) is 9.59 Å². The Morgan fingerprint density at radius 1 is 1.22 bits per heavy atom. The van der Waals surface area contributed by atoms with Crippen molar-refractivity contribution in [3.05, 3.63) is 62.4 Å². The van der Waals surface area contributed by atoms with Crippen LogP contribution in [-0.2, 0) is 17.8 Å². The first kappa shape index (κ1) is 14.9. The third-order valence-electron chi connectivity index (χ3n) is 3.80. The molecule has 1 aromatic heterocycles. The fourth-order valence-corrected chi connectivity index (χ4v) is 2.68. The van der Waals surface area contributed by atoms with Crippen molar-refractivity contribution < 1.29 is 4.79 Å². The molecule has 0 unspecified atom stereocenters. The van der Waals surface area contributed by atoms with Crippen molar-refractivity contribution in [3.8, 4) is 17.5 Å². The minimum absolute atomic E-state index is 0.158. The van der Waals surface area contributed by atoms with Crippen molar-refractivity contribution >= 4 is 5.91 Å². The summed E-state index contributed by atoms with van der Waals surface area (Å²) in [6.07, 6.45) is 0.437. The van der Waals surface area contributed by atoms with Crippen LogP contribution in [0.5, 0.6) is 0 Å². The second-order valence-electron chi connectivity index (χ2n) is 5.22. The Kier molecular flexibility index (Phi) is 3.85. The zero-order valence-corrected chi connectivity index (χ0v) is 12.6. The Labute approximate surface area is 132 Å². The van der Waals surface area contributed by atoms with Crippen LogP contribution in [0.3, 0.4) is 0 Å². The molecule has 0 fully saturated rings. The molecule has 0 atom stereocenters. The molecule has 0 spiro atoms. The van der Waals surface area contributed by atoms with E-state index in [4.69, 9.17) is 0 Å². The van der Waals surface area contributed by atoms with Crippen LogP contribution in [0.2, 0.25) is 0 Å². The van der Waals surface area contributed by atoms with Gasteiger partial charge >= 0.3 is 5.69 Å². The van der Waals surface area contributed by atoms with Crippen LogP contribution in [0.25, 0.3) is 5.69 Å². The molecule has 2 aromatic rings. The highest BCUT2D eigenvalue weighted by Crippen LogP contribution is 2.13. The van der Waals surface area contributed by atoms with Crippen LogP contribution >= 0.6 is 0 Å². The van der Waals surface area contributed by atoms with Crippen LogP contribution in [-0.4, -0.2) is 26.9 Å². The predicted octanol–water partition coefficient (Wildman–Crippen LogP) is 0.434. The number of hydrogen-bond donors (Lipinski definition) is 1. The number of H-pyrrole nitrogens is 1. The van der Waals surface area contributed by atoms with Gasteiger partial charge in [0, 0.05) is 18.7 Å². The van der Waals surface area contributed by atoms with Crippen molar-refractivity contribution in [1.29, 1.82) is 0 Å². The van der Waals surface area contributed by atoms with Gasteiger partial charge in [0.2, 0.25) is 0 Å². The molecule has 2 heterocycles. The SMILES string of the molecule is CC#CC(=O)N1CCc2[nH]c(=O)n(-c3ccccc3)c(=O)c2C1. The fourth-order valence-electron chi connectivity index (χ4n) is 2.68. The summed E-state index contributed by atoms with van der Waals surface area (Å²) >= 11 is 0. The highest BCUT2D eigenvalue weighted by atomic mass is 16.2. The van der Waals surface area contributed by atoms with E-state index in [1.165, 1.54) is 4.90 Å². The van der Waals surface area contributed by atoms with Crippen molar-refractivity contribution in [2.45, 2.75) is 19.9 Å². The Hall–Kier alpha value is -3.07. The number of carbonyl (C=O) groups excluding carboxylic acids is 1. The topological polar surface area (TPSA) is 75.2 Å². The lowest BCUT2D eigenvalue weighted by molar-refractivity contribution is -0.126. The number of hydrogen-bond acceptors (Lipinski definition) is 3. The molecule has 6 nitrogen and oxygen atoms in total. The summed E-state index contributed by atoms with van der Waals surface area (Å²) in [5.41, 5.74) is 0.676. The standard InChI is InChI=1S/C17H15N3O3/c1-2-6-15(21)19-10-9-14-13(11-19)16(22)20(17(23)18-14)12-7-4-3-5-8-12/h3-5,7-8H,9-11H2,1H3,(H,18,23). The number of benzene rings is 1. The quantitative estimate of drug-likeness (QED) is 0.777. The molecule has 3 rings (SSSR count). The van der Waals surface area contributed by atoms with Crippen molar-refractivity contribution in [1.82, 2.24) is 14.5 Å². The zero-order chi connectivity index (χ0) is 16.4. The van der Waals surface area contributed by atoms with E-state index in [-0.39, 0.29) is 12.5 Å². The third kappa shape index (κ3) is 2.69. The van der Waals surface area contributed by atoms with Crippen molar-refractivity contribution in [2.75, 3.05) is 6.54 Å². The van der Waals surface area contributed by atoms with E-state index in [1.807, 2.05) is 6.07 Å². The minimum atomic E-state index is -0.465. The van der Waals surface area contributed by atoms with E-state index in [1.54, 1.807) is 31.2 Å². The Balaban J connectivity index is 2.10.